The summed E-state index contributed by atoms with van der Waals surface area (Å²) in [7, 11) is 0. The zero-order valence-corrected chi connectivity index (χ0v) is 13.8. The molecular formula is C17H20ClN3O2. The number of aryl methyl sites for hydroxylation is 1. The van der Waals surface area contributed by atoms with Gasteiger partial charge in [0, 0.05) is 44.1 Å². The third kappa shape index (κ3) is 3.74. The molecule has 1 fully saturated rings. The van der Waals surface area contributed by atoms with Crippen LogP contribution in [-0.2, 0) is 11.2 Å². The molecule has 2 aromatic rings. The summed E-state index contributed by atoms with van der Waals surface area (Å²) in [5.41, 5.74) is 0.815. The van der Waals surface area contributed by atoms with E-state index >= 15 is 0 Å². The number of carbonyl (C=O) groups is 1. The number of amides is 1. The monoisotopic (exact) mass is 333 g/mol. The summed E-state index contributed by atoms with van der Waals surface area (Å²) in [6.07, 6.45) is 2.57. The van der Waals surface area contributed by atoms with Crippen molar-refractivity contribution in [3.8, 4) is 11.3 Å². The van der Waals surface area contributed by atoms with Crippen molar-refractivity contribution in [1.29, 1.82) is 0 Å². The molecule has 1 aromatic heterocycles. The average molecular weight is 334 g/mol. The second kappa shape index (κ2) is 7.15. The fourth-order valence-electron chi connectivity index (χ4n) is 2.78. The lowest BCUT2D eigenvalue weighted by atomic mass is 10.2. The minimum Gasteiger partial charge on any atom is -0.441 e. The first-order valence-electron chi connectivity index (χ1n) is 7.85. The molecule has 3 rings (SSSR count). The van der Waals surface area contributed by atoms with Gasteiger partial charge in [-0.3, -0.25) is 4.79 Å². The van der Waals surface area contributed by atoms with Crippen molar-refractivity contribution in [1.82, 2.24) is 15.2 Å². The van der Waals surface area contributed by atoms with E-state index in [4.69, 9.17) is 16.0 Å². The molecule has 1 saturated heterocycles. The predicted octanol–water partition coefficient (Wildman–Crippen LogP) is 2.75. The summed E-state index contributed by atoms with van der Waals surface area (Å²) >= 11 is 6.16. The number of oxazole rings is 1. The zero-order chi connectivity index (χ0) is 16.2. The molecular weight excluding hydrogens is 314 g/mol. The van der Waals surface area contributed by atoms with Crippen LogP contribution in [0.5, 0.6) is 0 Å². The highest BCUT2D eigenvalue weighted by atomic mass is 35.5. The van der Waals surface area contributed by atoms with Crippen LogP contribution >= 0.6 is 11.6 Å². The predicted molar refractivity (Wildman–Crippen MR) is 89.3 cm³/mol. The lowest BCUT2D eigenvalue weighted by molar-refractivity contribution is -0.134. The molecule has 0 bridgehead atoms. The first-order valence-corrected chi connectivity index (χ1v) is 8.22. The lowest BCUT2D eigenvalue weighted by Crippen LogP contribution is -2.52. The maximum absolute atomic E-state index is 12.3. The van der Waals surface area contributed by atoms with Crippen LogP contribution < -0.4 is 5.32 Å². The van der Waals surface area contributed by atoms with Crippen molar-refractivity contribution >= 4 is 17.5 Å². The Labute approximate surface area is 140 Å². The van der Waals surface area contributed by atoms with Crippen LogP contribution in [0.4, 0.5) is 0 Å². The number of nitrogens with zero attached hydrogens (tertiary/aromatic N) is 2. The van der Waals surface area contributed by atoms with Crippen molar-refractivity contribution < 1.29 is 9.21 Å². The Morgan fingerprint density at radius 1 is 1.48 bits per heavy atom. The van der Waals surface area contributed by atoms with Gasteiger partial charge in [-0.05, 0) is 19.1 Å². The molecule has 2 heterocycles. The number of carbonyl (C=O) groups excluding carboxylic acids is 1. The number of halogens is 1. The first-order chi connectivity index (χ1) is 11.1. The van der Waals surface area contributed by atoms with E-state index in [1.54, 1.807) is 6.20 Å². The van der Waals surface area contributed by atoms with Gasteiger partial charge < -0.3 is 14.6 Å². The van der Waals surface area contributed by atoms with E-state index in [1.165, 1.54) is 0 Å². The van der Waals surface area contributed by atoms with Crippen LogP contribution in [-0.4, -0.2) is 41.5 Å². The molecule has 5 nitrogen and oxygen atoms in total. The summed E-state index contributed by atoms with van der Waals surface area (Å²) in [6.45, 7) is 4.52. The summed E-state index contributed by atoms with van der Waals surface area (Å²) in [5, 5.41) is 3.91. The smallest absolute Gasteiger partial charge is 0.223 e. The SMILES string of the molecule is C[C@@H]1CNCCN1C(=O)CCc1ncc(-c2ccccc2Cl)o1. The Kier molecular flexibility index (Phi) is 4.98. The summed E-state index contributed by atoms with van der Waals surface area (Å²) < 4.78 is 5.74. The van der Waals surface area contributed by atoms with E-state index in [1.807, 2.05) is 29.2 Å². The number of aromatic nitrogens is 1. The summed E-state index contributed by atoms with van der Waals surface area (Å²) in [4.78, 5) is 18.5. The van der Waals surface area contributed by atoms with E-state index in [2.05, 4.69) is 17.2 Å². The van der Waals surface area contributed by atoms with E-state index in [0.717, 1.165) is 25.2 Å². The van der Waals surface area contributed by atoms with Gasteiger partial charge in [-0.2, -0.15) is 0 Å². The van der Waals surface area contributed by atoms with Gasteiger partial charge in [0.1, 0.15) is 0 Å². The van der Waals surface area contributed by atoms with Gasteiger partial charge >= 0.3 is 0 Å². The summed E-state index contributed by atoms with van der Waals surface area (Å²) in [6, 6.07) is 7.71. The fourth-order valence-corrected chi connectivity index (χ4v) is 3.01. The van der Waals surface area contributed by atoms with Gasteiger partial charge in [0.25, 0.3) is 0 Å². The molecule has 1 aromatic carbocycles. The number of nitrogens with one attached hydrogen (secondary N) is 1. The van der Waals surface area contributed by atoms with Crippen LogP contribution in [0.1, 0.15) is 19.2 Å². The molecule has 0 spiro atoms. The second-order valence-electron chi connectivity index (χ2n) is 5.74. The van der Waals surface area contributed by atoms with Gasteiger partial charge in [0.2, 0.25) is 5.91 Å². The van der Waals surface area contributed by atoms with Gasteiger partial charge in [0.05, 0.1) is 11.2 Å². The third-order valence-electron chi connectivity index (χ3n) is 4.07. The molecule has 0 unspecified atom stereocenters. The van der Waals surface area contributed by atoms with E-state index in [9.17, 15) is 4.79 Å². The minimum absolute atomic E-state index is 0.150. The van der Waals surface area contributed by atoms with Crippen molar-refractivity contribution in [2.24, 2.45) is 0 Å². The van der Waals surface area contributed by atoms with Crippen LogP contribution in [0.2, 0.25) is 5.02 Å². The third-order valence-corrected chi connectivity index (χ3v) is 4.40. The molecule has 1 atom stereocenters. The molecule has 0 radical (unpaired) electrons. The molecule has 0 aliphatic carbocycles. The minimum atomic E-state index is 0.150. The Bertz CT molecular complexity index is 686. The van der Waals surface area contributed by atoms with Gasteiger partial charge in [-0.1, -0.05) is 23.7 Å². The Morgan fingerprint density at radius 2 is 2.30 bits per heavy atom. The Morgan fingerprint density at radius 3 is 3.09 bits per heavy atom. The van der Waals surface area contributed by atoms with Gasteiger partial charge in [0.15, 0.2) is 11.7 Å². The van der Waals surface area contributed by atoms with Crippen molar-refractivity contribution in [3.63, 3.8) is 0 Å². The molecule has 1 aliphatic heterocycles. The Hall–Kier alpha value is -1.85. The molecule has 122 valence electrons. The maximum atomic E-state index is 12.3. The maximum Gasteiger partial charge on any atom is 0.223 e. The highest BCUT2D eigenvalue weighted by Crippen LogP contribution is 2.28. The second-order valence-corrected chi connectivity index (χ2v) is 6.15. The number of piperazine rings is 1. The molecule has 1 amide bonds. The van der Waals surface area contributed by atoms with E-state index in [0.29, 0.717) is 29.5 Å². The number of benzene rings is 1. The number of hydrogen-bond acceptors (Lipinski definition) is 4. The molecule has 6 heteroatoms. The van der Waals surface area contributed by atoms with Crippen LogP contribution in [0.15, 0.2) is 34.9 Å². The number of rotatable bonds is 4. The van der Waals surface area contributed by atoms with E-state index in [-0.39, 0.29) is 11.9 Å². The highest BCUT2D eigenvalue weighted by Gasteiger charge is 2.23. The largest absolute Gasteiger partial charge is 0.441 e. The molecule has 1 aliphatic rings. The lowest BCUT2D eigenvalue weighted by Gasteiger charge is -2.34. The molecule has 0 saturated carbocycles. The first kappa shape index (κ1) is 16.0. The van der Waals surface area contributed by atoms with Crippen molar-refractivity contribution in [2.45, 2.75) is 25.8 Å². The van der Waals surface area contributed by atoms with Crippen LogP contribution in [0.25, 0.3) is 11.3 Å². The topological polar surface area (TPSA) is 58.4 Å². The van der Waals surface area contributed by atoms with Crippen LogP contribution in [0, 0.1) is 0 Å². The van der Waals surface area contributed by atoms with Gasteiger partial charge in [-0.25, -0.2) is 4.98 Å². The van der Waals surface area contributed by atoms with Crippen molar-refractivity contribution in [3.05, 3.63) is 41.4 Å². The summed E-state index contributed by atoms with van der Waals surface area (Å²) in [5.74, 6) is 1.35. The standard InChI is InChI=1S/C17H20ClN3O2/c1-12-10-19-8-9-21(12)17(22)7-6-16-20-11-15(23-16)13-4-2-3-5-14(13)18/h2-5,11-12,19H,6-10H2,1H3/t12-/m1/s1. The quantitative estimate of drug-likeness (QED) is 0.934. The van der Waals surface area contributed by atoms with E-state index < -0.39 is 0 Å². The van der Waals surface area contributed by atoms with Crippen molar-refractivity contribution in [2.75, 3.05) is 19.6 Å². The Balaban J connectivity index is 1.61. The van der Waals surface area contributed by atoms with Gasteiger partial charge in [-0.15, -0.1) is 0 Å². The molecule has 23 heavy (non-hydrogen) atoms. The number of hydrogen-bond donors (Lipinski definition) is 1. The molecule has 1 N–H and O–H groups in total. The zero-order valence-electron chi connectivity index (χ0n) is 13.1. The average Bonchev–Trinajstić information content (AvgIpc) is 3.02. The normalized spacial score (nSPS) is 18.2. The highest BCUT2D eigenvalue weighted by molar-refractivity contribution is 6.33. The van der Waals surface area contributed by atoms with Crippen LogP contribution in [0.3, 0.4) is 0 Å². The fraction of sp³-hybridized carbons (Fsp3) is 0.412.